The normalized spacial score (nSPS) is 14.2. The lowest BCUT2D eigenvalue weighted by Gasteiger charge is -2.13. The molecule has 264 valence electrons. The Morgan fingerprint density at radius 1 is 0.655 bits per heavy atom. The Balaban J connectivity index is 1.15. The zero-order valence-electron chi connectivity index (χ0n) is 39.7. The van der Waals surface area contributed by atoms with Crippen molar-refractivity contribution in [3.05, 3.63) is 187 Å². The van der Waals surface area contributed by atoms with Crippen LogP contribution in [0.3, 0.4) is 0 Å². The molecule has 10 aromatic rings. The summed E-state index contributed by atoms with van der Waals surface area (Å²) < 4.78 is 99.2. The van der Waals surface area contributed by atoms with Gasteiger partial charge in [0.15, 0.2) is 16.2 Å². The monoisotopic (exact) mass is 739 g/mol. The van der Waals surface area contributed by atoms with E-state index in [-0.39, 0.29) is 27.9 Å². The topological polar surface area (TPSA) is 35.9 Å². The van der Waals surface area contributed by atoms with Crippen LogP contribution in [0.2, 0.25) is 0 Å². The van der Waals surface area contributed by atoms with Crippen LogP contribution < -0.4 is 9.30 Å². The zero-order valence-corrected chi connectivity index (χ0v) is 30.5. The highest BCUT2D eigenvalue weighted by molar-refractivity contribution is 7.14. The van der Waals surface area contributed by atoms with E-state index in [0.29, 0.717) is 34.1 Å². The molecule has 55 heavy (non-hydrogen) atoms. The molecular formula is C49H37N4OS+. The van der Waals surface area contributed by atoms with E-state index in [9.17, 15) is 0 Å². The van der Waals surface area contributed by atoms with Crippen molar-refractivity contribution >= 4 is 44.2 Å². The molecule has 6 heteroatoms. The van der Waals surface area contributed by atoms with Gasteiger partial charge in [0.1, 0.15) is 22.9 Å². The van der Waals surface area contributed by atoms with Crippen LogP contribution in [0.1, 0.15) is 38.4 Å². The number of aromatic nitrogens is 4. The first-order valence-electron chi connectivity index (χ1n) is 22.8. The number of benzene rings is 7. The third-order valence-corrected chi connectivity index (χ3v) is 11.0. The van der Waals surface area contributed by atoms with Gasteiger partial charge in [-0.25, -0.2) is 4.98 Å². The molecule has 0 saturated heterocycles. The second-order valence-corrected chi connectivity index (χ2v) is 14.4. The van der Waals surface area contributed by atoms with Gasteiger partial charge in [-0.05, 0) is 59.5 Å². The Hall–Kier alpha value is -6.76. The van der Waals surface area contributed by atoms with Gasteiger partial charge in [0.2, 0.25) is 0 Å². The maximum absolute atomic E-state index is 8.99. The predicted octanol–water partition coefficient (Wildman–Crippen LogP) is 12.7. The van der Waals surface area contributed by atoms with Gasteiger partial charge in [0.25, 0.3) is 6.33 Å². The summed E-state index contributed by atoms with van der Waals surface area (Å²) in [6.45, 7) is 4.32. The van der Waals surface area contributed by atoms with Crippen LogP contribution in [-0.4, -0.2) is 14.1 Å². The summed E-state index contributed by atoms with van der Waals surface area (Å²) >= 11 is 1.66. The van der Waals surface area contributed by atoms with Crippen molar-refractivity contribution in [1.29, 1.82) is 0 Å². The van der Waals surface area contributed by atoms with Crippen molar-refractivity contribution in [2.24, 2.45) is 0 Å². The summed E-state index contributed by atoms with van der Waals surface area (Å²) in [5.41, 5.74) is 4.45. The fraction of sp³-hybridized carbons (Fsp3) is 0.0612. The van der Waals surface area contributed by atoms with Crippen molar-refractivity contribution in [1.82, 2.24) is 14.1 Å². The molecule has 0 aliphatic carbocycles. The summed E-state index contributed by atoms with van der Waals surface area (Å²) in [6, 6.07) is 29.1. The molecule has 0 aliphatic rings. The van der Waals surface area contributed by atoms with Crippen molar-refractivity contribution < 1.29 is 23.0 Å². The average Bonchev–Trinajstić information content (AvgIpc) is 4.04. The molecule has 0 saturated carbocycles. The Morgan fingerprint density at radius 3 is 2.04 bits per heavy atom. The average molecular weight is 740 g/mol. The van der Waals surface area contributed by atoms with E-state index >= 15 is 0 Å². The molecule has 0 amide bonds. The number of nitrogens with zero attached hydrogens (tertiary/aromatic N) is 4. The molecule has 0 spiro atoms. The molecule has 3 heterocycles. The highest BCUT2D eigenvalue weighted by atomic mass is 32.1. The number of hydrogen-bond donors (Lipinski definition) is 0. The molecule has 5 nitrogen and oxygen atoms in total. The molecule has 0 bridgehead atoms. The van der Waals surface area contributed by atoms with E-state index in [0.717, 1.165) is 26.9 Å². The Bertz CT molecular complexity index is 3450. The fourth-order valence-electron chi connectivity index (χ4n) is 7.17. The number of rotatable bonds is 8. The molecule has 3 aromatic heterocycles. The number of fused-ring (bicyclic) bond motifs is 4. The van der Waals surface area contributed by atoms with Crippen LogP contribution in [0.5, 0.6) is 11.5 Å². The second kappa shape index (κ2) is 13.6. The molecule has 0 atom stereocenters. The first-order chi connectivity index (χ1) is 31.2. The molecule has 0 fully saturated rings. The standard InChI is InChI=1S/C49H37N4OS/c1-33(2)47-31-50-49(55-47)53-43-24-10-9-21-41(43)42-28-27-38(30-46(42)53)54-37-20-13-19-36(29-37)51-32-52(45-26-12-11-25-44(45)51)48-39(34-15-5-3-6-16-34)22-14-23-40(48)35-17-7-4-8-18-35/h3-33H,1-2H3/q+1/i3D,4D,5D,6D,7D,8D,15D,16D,17D,18D. The maximum Gasteiger partial charge on any atom is 0.255 e. The van der Waals surface area contributed by atoms with Crippen molar-refractivity contribution in [2.75, 3.05) is 0 Å². The van der Waals surface area contributed by atoms with Crippen molar-refractivity contribution in [3.63, 3.8) is 0 Å². The summed E-state index contributed by atoms with van der Waals surface area (Å²) in [5, 5.41) is 3.04. The quantitative estimate of drug-likeness (QED) is 0.146. The van der Waals surface area contributed by atoms with Crippen LogP contribution >= 0.6 is 11.3 Å². The smallest absolute Gasteiger partial charge is 0.255 e. The molecule has 7 aromatic carbocycles. The van der Waals surface area contributed by atoms with Crippen molar-refractivity contribution in [3.8, 4) is 50.3 Å². The van der Waals surface area contributed by atoms with Crippen LogP contribution in [0.15, 0.2) is 182 Å². The zero-order chi connectivity index (χ0) is 45.6. The number of ether oxygens (including phenoxy) is 1. The maximum atomic E-state index is 8.99. The van der Waals surface area contributed by atoms with E-state index in [1.54, 1.807) is 40.4 Å². The van der Waals surface area contributed by atoms with E-state index in [1.165, 1.54) is 4.88 Å². The second-order valence-electron chi connectivity index (χ2n) is 13.4. The molecule has 0 radical (unpaired) electrons. The molecule has 0 unspecified atom stereocenters. The Morgan fingerprint density at radius 2 is 1.31 bits per heavy atom. The highest BCUT2D eigenvalue weighted by Crippen LogP contribution is 2.38. The Labute approximate surface area is 337 Å². The summed E-state index contributed by atoms with van der Waals surface area (Å²) in [5.74, 6) is 1.50. The van der Waals surface area contributed by atoms with Crippen LogP contribution in [0, 0.1) is 0 Å². The van der Waals surface area contributed by atoms with Gasteiger partial charge in [0.05, 0.1) is 24.7 Å². The minimum atomic E-state index is -0.555. The van der Waals surface area contributed by atoms with Gasteiger partial charge in [-0.15, -0.1) is 11.3 Å². The van der Waals surface area contributed by atoms with E-state index in [4.69, 9.17) is 23.4 Å². The molecule has 0 aliphatic heterocycles. The molecular weight excluding hydrogens is 693 g/mol. The largest absolute Gasteiger partial charge is 0.457 e. The van der Waals surface area contributed by atoms with Gasteiger partial charge in [-0.1, -0.05) is 129 Å². The van der Waals surface area contributed by atoms with Crippen LogP contribution in [0.25, 0.3) is 71.6 Å². The van der Waals surface area contributed by atoms with E-state index in [1.807, 2.05) is 83.6 Å². The Kier molecular flexibility index (Phi) is 5.88. The first-order valence-corrected chi connectivity index (χ1v) is 18.6. The first kappa shape index (κ1) is 23.8. The lowest BCUT2D eigenvalue weighted by atomic mass is 9.95. The van der Waals surface area contributed by atoms with E-state index in [2.05, 4.69) is 36.6 Å². The third kappa shape index (κ3) is 5.79. The van der Waals surface area contributed by atoms with Gasteiger partial charge in [-0.3, -0.25) is 4.57 Å². The summed E-state index contributed by atoms with van der Waals surface area (Å²) in [4.78, 5) is 6.01. The summed E-state index contributed by atoms with van der Waals surface area (Å²) in [6.07, 6.45) is 3.72. The van der Waals surface area contributed by atoms with Gasteiger partial charge in [0, 0.05) is 45.1 Å². The third-order valence-electron chi connectivity index (χ3n) is 9.70. The number of thiazole rings is 1. The van der Waals surface area contributed by atoms with Gasteiger partial charge < -0.3 is 4.74 Å². The number of para-hydroxylation sites is 4. The minimum absolute atomic E-state index is 0.105. The number of hydrogen-bond acceptors (Lipinski definition) is 3. The van der Waals surface area contributed by atoms with Crippen LogP contribution in [-0.2, 0) is 0 Å². The predicted molar refractivity (Wildman–Crippen MR) is 226 cm³/mol. The SMILES string of the molecule is [2H]c1c([2H])c([2H])c(-c2cccc(-c3c([2H])c([2H])c([2H])c([2H])c3[2H])c2-[n+]2cn(-c3cccc(Oc4ccc5c6ccccc6n(-c6ncc(C(C)C)s6)c5c4)c3)c3ccccc32)c([2H])c1[2H]. The van der Waals surface area contributed by atoms with Crippen molar-refractivity contribution in [2.45, 2.75) is 19.8 Å². The number of imidazole rings is 1. The fourth-order valence-corrected chi connectivity index (χ4v) is 8.12. The van der Waals surface area contributed by atoms with Gasteiger partial charge >= 0.3 is 0 Å². The minimum Gasteiger partial charge on any atom is -0.457 e. The lowest BCUT2D eigenvalue weighted by Crippen LogP contribution is -2.30. The van der Waals surface area contributed by atoms with Gasteiger partial charge in [-0.2, -0.15) is 9.13 Å². The van der Waals surface area contributed by atoms with Crippen LogP contribution in [0.4, 0.5) is 0 Å². The molecule has 10 rings (SSSR count). The molecule has 0 N–H and O–H groups in total. The highest BCUT2D eigenvalue weighted by Gasteiger charge is 2.25. The lowest BCUT2D eigenvalue weighted by molar-refractivity contribution is -0.566. The van der Waals surface area contributed by atoms with E-state index < -0.39 is 60.4 Å². The summed E-state index contributed by atoms with van der Waals surface area (Å²) in [7, 11) is 0.